The van der Waals surface area contributed by atoms with E-state index in [0.29, 0.717) is 11.3 Å². The zero-order valence-electron chi connectivity index (χ0n) is 23.3. The van der Waals surface area contributed by atoms with Crippen molar-refractivity contribution in [3.05, 3.63) is 83.1 Å². The number of quaternary nitrogens is 1. The maximum Gasteiger partial charge on any atom is 0.416 e. The lowest BCUT2D eigenvalue weighted by atomic mass is 9.84. The number of ether oxygens (including phenoxy) is 1. The van der Waals surface area contributed by atoms with Crippen LogP contribution in [0.2, 0.25) is 0 Å². The summed E-state index contributed by atoms with van der Waals surface area (Å²) in [5.41, 5.74) is -0.583. The lowest BCUT2D eigenvalue weighted by molar-refractivity contribution is -0.750. The first-order valence-electron chi connectivity index (χ1n) is 13.6. The number of nitrogens with two attached hydrogens (primary N) is 1. The van der Waals surface area contributed by atoms with Gasteiger partial charge in [0.15, 0.2) is 0 Å². The number of benzene rings is 1. The molecule has 10 nitrogen and oxygen atoms in total. The number of rotatable bonds is 5. The Morgan fingerprint density at radius 3 is 2.55 bits per heavy atom. The molecular weight excluding hydrogens is 589 g/mol. The van der Waals surface area contributed by atoms with Gasteiger partial charge in [-0.3, -0.25) is 14.6 Å². The van der Waals surface area contributed by atoms with Crippen LogP contribution in [-0.2, 0) is 15.7 Å². The summed E-state index contributed by atoms with van der Waals surface area (Å²) in [6.07, 6.45) is 0.250. The predicted octanol–water partition coefficient (Wildman–Crippen LogP) is 4.09. The monoisotopic (exact) mass is 616 g/mol. The lowest BCUT2D eigenvalue weighted by Gasteiger charge is -2.44. The second kappa shape index (κ2) is 10.4. The maximum absolute atomic E-state index is 15.0. The van der Waals surface area contributed by atoms with Crippen molar-refractivity contribution in [2.75, 3.05) is 31.6 Å². The largest absolute Gasteiger partial charge is 0.416 e. The molecule has 2 amide bonds. The first-order valence-corrected chi connectivity index (χ1v) is 13.6. The molecular formula is C29H27F5N7O3+. The normalized spacial score (nSPS) is 25.3. The highest BCUT2D eigenvalue weighted by atomic mass is 19.4. The van der Waals surface area contributed by atoms with E-state index in [9.17, 15) is 22.8 Å². The van der Waals surface area contributed by atoms with Gasteiger partial charge in [0.2, 0.25) is 11.6 Å². The second-order valence-corrected chi connectivity index (χ2v) is 11.5. The topological polar surface area (TPSA) is 122 Å². The summed E-state index contributed by atoms with van der Waals surface area (Å²) in [6.45, 7) is 1.33. The third-order valence-corrected chi connectivity index (χ3v) is 8.00. The molecule has 1 aromatic heterocycles. The summed E-state index contributed by atoms with van der Waals surface area (Å²) >= 11 is 0. The molecule has 2 aromatic rings. The number of carbonyl (C=O) groups is 2. The van der Waals surface area contributed by atoms with E-state index >= 15 is 8.78 Å². The van der Waals surface area contributed by atoms with Crippen LogP contribution in [0.1, 0.15) is 34.8 Å². The van der Waals surface area contributed by atoms with E-state index in [1.165, 1.54) is 35.6 Å². The number of amidine groups is 1. The molecule has 2 unspecified atom stereocenters. The number of nitrogens with one attached hydrogen (secondary N) is 1. The standard InChI is InChI=1S/C29H26F5N7O3/c1-27(15-44-16-27)26(43)40-13-19(11-28(30,31)14-40)23-21-12-36-8-9-41(21,35)24(39-23)17-2-4-18(5-3-17)25(42)38-22-10-20(6-7-37-22)29(32,33)34/h2-10,12,19H,11,13-16,35H2,1H3/p+1. The van der Waals surface area contributed by atoms with Gasteiger partial charge in [-0.15, -0.1) is 4.59 Å². The summed E-state index contributed by atoms with van der Waals surface area (Å²) in [7, 11) is 0. The molecule has 44 heavy (non-hydrogen) atoms. The zero-order valence-corrected chi connectivity index (χ0v) is 23.3. The molecule has 15 heteroatoms. The summed E-state index contributed by atoms with van der Waals surface area (Å²) in [5.74, 6) is 1.65. The van der Waals surface area contributed by atoms with Gasteiger partial charge in [-0.1, -0.05) is 0 Å². The molecule has 4 aliphatic heterocycles. The minimum absolute atomic E-state index is 0.0138. The van der Waals surface area contributed by atoms with Crippen molar-refractivity contribution in [3.63, 3.8) is 0 Å². The minimum Gasteiger partial charge on any atom is -0.379 e. The van der Waals surface area contributed by atoms with Crippen LogP contribution in [-0.4, -0.2) is 70.6 Å². The van der Waals surface area contributed by atoms with Crippen molar-refractivity contribution in [2.24, 2.45) is 27.2 Å². The van der Waals surface area contributed by atoms with Crippen LogP contribution in [0.15, 0.2) is 76.4 Å². The minimum atomic E-state index is -4.60. The summed E-state index contributed by atoms with van der Waals surface area (Å²) < 4.78 is 73.9. The van der Waals surface area contributed by atoms with Crippen molar-refractivity contribution >= 4 is 29.7 Å². The first-order chi connectivity index (χ1) is 20.7. The molecule has 2 saturated heterocycles. The number of amides is 2. The van der Waals surface area contributed by atoms with Gasteiger partial charge in [-0.05, 0) is 43.3 Å². The number of allylic oxidation sites excluding steroid dienone is 1. The quantitative estimate of drug-likeness (QED) is 0.298. The molecule has 0 aliphatic carbocycles. The Labute approximate surface area is 248 Å². The fourth-order valence-corrected chi connectivity index (χ4v) is 5.69. The molecule has 6 rings (SSSR count). The van der Waals surface area contributed by atoms with Gasteiger partial charge in [0.05, 0.1) is 48.7 Å². The van der Waals surface area contributed by atoms with Crippen LogP contribution in [0.4, 0.5) is 27.8 Å². The predicted molar refractivity (Wildman–Crippen MR) is 148 cm³/mol. The van der Waals surface area contributed by atoms with Gasteiger partial charge in [-0.2, -0.15) is 24.0 Å². The zero-order chi connectivity index (χ0) is 31.5. The SMILES string of the molecule is CC1(C(=O)N2CC(C3=C4C=NC=C[N+]4(N)C(c4ccc(C(=O)Nc5cc(C(F)(F)F)ccn5)cc4)=N3)CC(F)(F)C2)COC1. The molecule has 0 spiro atoms. The molecule has 5 heterocycles. The van der Waals surface area contributed by atoms with E-state index in [4.69, 9.17) is 15.6 Å². The van der Waals surface area contributed by atoms with Crippen molar-refractivity contribution in [1.29, 1.82) is 0 Å². The Kier molecular flexibility index (Phi) is 7.01. The molecule has 0 bridgehead atoms. The van der Waals surface area contributed by atoms with Crippen molar-refractivity contribution in [2.45, 2.75) is 25.4 Å². The number of nitrogens with zero attached hydrogens (tertiary/aromatic N) is 5. The van der Waals surface area contributed by atoms with E-state index in [0.717, 1.165) is 18.3 Å². The van der Waals surface area contributed by atoms with Crippen LogP contribution in [0.3, 0.4) is 0 Å². The number of aromatic nitrogens is 1. The summed E-state index contributed by atoms with van der Waals surface area (Å²) in [5, 5.41) is 2.35. The number of aliphatic imine (C=N–C) groups is 2. The van der Waals surface area contributed by atoms with Crippen molar-refractivity contribution < 1.29 is 40.9 Å². The third kappa shape index (κ3) is 5.31. The highest BCUT2D eigenvalue weighted by Gasteiger charge is 2.53. The third-order valence-electron chi connectivity index (χ3n) is 8.00. The van der Waals surface area contributed by atoms with Gasteiger partial charge in [-0.25, -0.2) is 13.8 Å². The van der Waals surface area contributed by atoms with Crippen LogP contribution in [0.5, 0.6) is 0 Å². The highest BCUT2D eigenvalue weighted by Crippen LogP contribution is 2.42. The fourth-order valence-electron chi connectivity index (χ4n) is 5.69. The summed E-state index contributed by atoms with van der Waals surface area (Å²) in [4.78, 5) is 39.7. The number of halogens is 5. The van der Waals surface area contributed by atoms with E-state index in [2.05, 4.69) is 15.3 Å². The Morgan fingerprint density at radius 2 is 1.89 bits per heavy atom. The number of pyridine rings is 1. The van der Waals surface area contributed by atoms with Gasteiger partial charge in [0.1, 0.15) is 17.7 Å². The number of anilines is 1. The molecule has 2 fully saturated rings. The van der Waals surface area contributed by atoms with E-state index in [1.54, 1.807) is 19.1 Å². The van der Waals surface area contributed by atoms with Gasteiger partial charge in [0.25, 0.3) is 17.7 Å². The number of fused-ring (bicyclic) bond motifs is 1. The molecule has 0 saturated carbocycles. The number of likely N-dealkylation sites (tertiary alicyclic amines) is 1. The number of hydrogen-bond acceptors (Lipinski definition) is 7. The molecule has 3 N–H and O–H groups in total. The van der Waals surface area contributed by atoms with Crippen molar-refractivity contribution in [3.8, 4) is 0 Å². The second-order valence-electron chi connectivity index (χ2n) is 11.5. The van der Waals surface area contributed by atoms with Crippen LogP contribution in [0.25, 0.3) is 0 Å². The Balaban J connectivity index is 1.26. The van der Waals surface area contributed by atoms with Gasteiger partial charge >= 0.3 is 6.18 Å². The number of alkyl halides is 5. The Bertz CT molecular complexity index is 1650. The highest BCUT2D eigenvalue weighted by molar-refractivity contribution is 6.05. The number of hydrogen-bond donors (Lipinski definition) is 2. The maximum atomic E-state index is 15.0. The van der Waals surface area contributed by atoms with E-state index in [-0.39, 0.29) is 42.7 Å². The lowest BCUT2D eigenvalue weighted by Crippen LogP contribution is -2.59. The Morgan fingerprint density at radius 1 is 1.16 bits per heavy atom. The average Bonchev–Trinajstić information content (AvgIpc) is 3.27. The van der Waals surface area contributed by atoms with E-state index < -0.39 is 58.4 Å². The van der Waals surface area contributed by atoms with Crippen molar-refractivity contribution in [1.82, 2.24) is 9.88 Å². The molecule has 0 radical (unpaired) electrons. The van der Waals surface area contributed by atoms with Gasteiger partial charge in [0, 0.05) is 30.6 Å². The van der Waals surface area contributed by atoms with Crippen LogP contribution in [0, 0.1) is 11.3 Å². The Hall–Kier alpha value is -4.34. The molecule has 1 aromatic carbocycles. The molecule has 230 valence electrons. The average molecular weight is 617 g/mol. The van der Waals surface area contributed by atoms with Gasteiger partial charge < -0.3 is 15.0 Å². The fraction of sp³-hybridized carbons (Fsp3) is 0.345. The number of carbonyl (C=O) groups excluding carboxylic acids is 2. The van der Waals surface area contributed by atoms with E-state index in [1.807, 2.05) is 0 Å². The smallest absolute Gasteiger partial charge is 0.379 e. The first kappa shape index (κ1) is 29.7. The number of piperidine rings is 1. The van der Waals surface area contributed by atoms with Crippen LogP contribution < -0.4 is 11.2 Å². The van der Waals surface area contributed by atoms with Crippen LogP contribution >= 0.6 is 0 Å². The summed E-state index contributed by atoms with van der Waals surface area (Å²) in [6, 6.07) is 7.48. The molecule has 4 aliphatic rings. The molecule has 2 atom stereocenters.